The van der Waals surface area contributed by atoms with Gasteiger partial charge in [0.25, 0.3) is 0 Å². The summed E-state index contributed by atoms with van der Waals surface area (Å²) in [5.74, 6) is 0.789. The van der Waals surface area contributed by atoms with Crippen LogP contribution >= 0.6 is 0 Å². The molecule has 0 spiro atoms. The number of nitrogens with zero attached hydrogens (tertiary/aromatic N) is 3. The van der Waals surface area contributed by atoms with Crippen molar-refractivity contribution >= 4 is 11.8 Å². The molecule has 2 amide bonds. The van der Waals surface area contributed by atoms with Crippen molar-refractivity contribution in [3.63, 3.8) is 0 Å². The summed E-state index contributed by atoms with van der Waals surface area (Å²) in [5.41, 5.74) is 1.10. The maximum absolute atomic E-state index is 12.5. The van der Waals surface area contributed by atoms with Crippen molar-refractivity contribution in [3.05, 3.63) is 29.8 Å². The molecule has 2 rings (SSSR count). The van der Waals surface area contributed by atoms with Crippen LogP contribution in [-0.4, -0.2) is 72.4 Å². The molecule has 25 heavy (non-hydrogen) atoms. The minimum atomic E-state index is -0.431. The normalized spacial score (nSPS) is 18.3. The van der Waals surface area contributed by atoms with Gasteiger partial charge in [0, 0.05) is 52.8 Å². The highest BCUT2D eigenvalue weighted by atomic mass is 16.5. The van der Waals surface area contributed by atoms with E-state index in [1.807, 2.05) is 32.0 Å². The number of rotatable bonds is 5. The van der Waals surface area contributed by atoms with Crippen LogP contribution in [-0.2, 0) is 16.1 Å². The van der Waals surface area contributed by atoms with Gasteiger partial charge in [0.15, 0.2) is 0 Å². The fourth-order valence-corrected chi connectivity index (χ4v) is 3.11. The average Bonchev–Trinajstić information content (AvgIpc) is 2.55. The van der Waals surface area contributed by atoms with Crippen LogP contribution in [0.25, 0.3) is 0 Å². The second kappa shape index (κ2) is 8.34. The molecule has 0 aromatic heterocycles. The van der Waals surface area contributed by atoms with Crippen LogP contribution in [0.3, 0.4) is 0 Å². The van der Waals surface area contributed by atoms with Gasteiger partial charge in [0.2, 0.25) is 11.8 Å². The van der Waals surface area contributed by atoms with Gasteiger partial charge in [-0.2, -0.15) is 0 Å². The Morgan fingerprint density at radius 1 is 1.24 bits per heavy atom. The van der Waals surface area contributed by atoms with Crippen molar-refractivity contribution in [2.24, 2.45) is 0 Å². The number of hydrogen-bond acceptors (Lipinski definition) is 4. The third kappa shape index (κ3) is 4.95. The SMILES string of the molecule is CC(=O)N1CCN(Cc2ccccc2OC(C)C)CC1C(=O)N(C)C. The van der Waals surface area contributed by atoms with Crippen molar-refractivity contribution in [2.75, 3.05) is 33.7 Å². The summed E-state index contributed by atoms with van der Waals surface area (Å²) in [4.78, 5) is 29.8. The van der Waals surface area contributed by atoms with Crippen LogP contribution in [0.1, 0.15) is 26.3 Å². The van der Waals surface area contributed by atoms with E-state index < -0.39 is 6.04 Å². The highest BCUT2D eigenvalue weighted by molar-refractivity contribution is 5.87. The van der Waals surface area contributed by atoms with E-state index in [1.165, 1.54) is 6.92 Å². The molecular formula is C19H29N3O3. The van der Waals surface area contributed by atoms with Crippen LogP contribution in [0.4, 0.5) is 0 Å². The Bertz CT molecular complexity index is 616. The van der Waals surface area contributed by atoms with Gasteiger partial charge in [0.1, 0.15) is 11.8 Å². The topological polar surface area (TPSA) is 53.1 Å². The van der Waals surface area contributed by atoms with E-state index in [2.05, 4.69) is 11.0 Å². The Hall–Kier alpha value is -2.08. The predicted octanol–water partition coefficient (Wildman–Crippen LogP) is 1.59. The number of para-hydroxylation sites is 1. The standard InChI is InChI=1S/C19H29N3O3/c1-14(2)25-18-9-7-6-8-16(18)12-21-10-11-22(15(3)23)17(13-21)19(24)20(4)5/h6-9,14,17H,10-13H2,1-5H3. The number of piperazine rings is 1. The molecule has 0 radical (unpaired) electrons. The minimum absolute atomic E-state index is 0.0355. The lowest BCUT2D eigenvalue weighted by molar-refractivity contribution is -0.146. The zero-order valence-electron chi connectivity index (χ0n) is 15.9. The maximum atomic E-state index is 12.5. The largest absolute Gasteiger partial charge is 0.491 e. The second-order valence-electron chi connectivity index (χ2n) is 6.97. The molecule has 0 aliphatic carbocycles. The summed E-state index contributed by atoms with van der Waals surface area (Å²) in [5, 5.41) is 0. The molecule has 1 heterocycles. The number of hydrogen-bond donors (Lipinski definition) is 0. The Morgan fingerprint density at radius 3 is 2.52 bits per heavy atom. The molecule has 1 saturated heterocycles. The third-order valence-corrected chi connectivity index (χ3v) is 4.32. The first-order valence-electron chi connectivity index (χ1n) is 8.75. The number of carbonyl (C=O) groups is 2. The van der Waals surface area contributed by atoms with E-state index in [0.717, 1.165) is 17.9 Å². The van der Waals surface area contributed by atoms with Crippen LogP contribution in [0.2, 0.25) is 0 Å². The first kappa shape index (κ1) is 19.2. The average molecular weight is 347 g/mol. The van der Waals surface area contributed by atoms with Crippen molar-refractivity contribution in [3.8, 4) is 5.75 Å². The summed E-state index contributed by atoms with van der Waals surface area (Å²) >= 11 is 0. The van der Waals surface area contributed by atoms with E-state index in [1.54, 1.807) is 23.9 Å². The third-order valence-electron chi connectivity index (χ3n) is 4.32. The lowest BCUT2D eigenvalue weighted by atomic mass is 10.1. The van der Waals surface area contributed by atoms with E-state index in [0.29, 0.717) is 19.6 Å². The highest BCUT2D eigenvalue weighted by Gasteiger charge is 2.34. The number of carbonyl (C=O) groups excluding carboxylic acids is 2. The van der Waals surface area contributed by atoms with Crippen LogP contribution in [0.5, 0.6) is 5.75 Å². The smallest absolute Gasteiger partial charge is 0.246 e. The van der Waals surface area contributed by atoms with E-state index in [9.17, 15) is 9.59 Å². The zero-order valence-corrected chi connectivity index (χ0v) is 15.9. The summed E-state index contributed by atoms with van der Waals surface area (Å²) in [6.45, 7) is 8.08. The summed E-state index contributed by atoms with van der Waals surface area (Å²) < 4.78 is 5.89. The monoisotopic (exact) mass is 347 g/mol. The van der Waals surface area contributed by atoms with Crippen LogP contribution in [0.15, 0.2) is 24.3 Å². The quantitative estimate of drug-likeness (QED) is 0.812. The first-order chi connectivity index (χ1) is 11.8. The van der Waals surface area contributed by atoms with Gasteiger partial charge >= 0.3 is 0 Å². The van der Waals surface area contributed by atoms with Crippen molar-refractivity contribution in [2.45, 2.75) is 39.5 Å². The molecular weight excluding hydrogens is 318 g/mol. The van der Waals surface area contributed by atoms with Gasteiger partial charge in [-0.1, -0.05) is 18.2 Å². The maximum Gasteiger partial charge on any atom is 0.246 e. The van der Waals surface area contributed by atoms with Gasteiger partial charge in [-0.25, -0.2) is 0 Å². The number of ether oxygens (including phenoxy) is 1. The molecule has 0 N–H and O–H groups in total. The van der Waals surface area contributed by atoms with E-state index >= 15 is 0 Å². The molecule has 0 bridgehead atoms. The fourth-order valence-electron chi connectivity index (χ4n) is 3.11. The molecule has 1 atom stereocenters. The molecule has 1 unspecified atom stereocenters. The molecule has 6 nitrogen and oxygen atoms in total. The van der Waals surface area contributed by atoms with Crippen molar-refractivity contribution in [1.82, 2.24) is 14.7 Å². The van der Waals surface area contributed by atoms with E-state index in [4.69, 9.17) is 4.74 Å². The number of benzene rings is 1. The van der Waals surface area contributed by atoms with Gasteiger partial charge in [0.05, 0.1) is 6.10 Å². The van der Waals surface area contributed by atoms with Gasteiger partial charge in [-0.15, -0.1) is 0 Å². The molecule has 1 aromatic carbocycles. The van der Waals surface area contributed by atoms with Crippen molar-refractivity contribution in [1.29, 1.82) is 0 Å². The molecule has 1 aliphatic heterocycles. The first-order valence-corrected chi connectivity index (χ1v) is 8.75. The zero-order chi connectivity index (χ0) is 18.6. The molecule has 138 valence electrons. The predicted molar refractivity (Wildman–Crippen MR) is 97.4 cm³/mol. The van der Waals surface area contributed by atoms with E-state index in [-0.39, 0.29) is 17.9 Å². The lowest BCUT2D eigenvalue weighted by Crippen LogP contribution is -2.59. The van der Waals surface area contributed by atoms with Crippen molar-refractivity contribution < 1.29 is 14.3 Å². The second-order valence-corrected chi connectivity index (χ2v) is 6.97. The van der Waals surface area contributed by atoms with Crippen LogP contribution in [0, 0.1) is 0 Å². The molecule has 1 aliphatic rings. The molecule has 6 heteroatoms. The van der Waals surface area contributed by atoms with Gasteiger partial charge < -0.3 is 14.5 Å². The van der Waals surface area contributed by atoms with Crippen LogP contribution < -0.4 is 4.74 Å². The molecule has 1 fully saturated rings. The highest BCUT2D eigenvalue weighted by Crippen LogP contribution is 2.23. The fraction of sp³-hybridized carbons (Fsp3) is 0.579. The van der Waals surface area contributed by atoms with Gasteiger partial charge in [-0.3, -0.25) is 14.5 Å². The Balaban J connectivity index is 2.14. The number of amides is 2. The minimum Gasteiger partial charge on any atom is -0.491 e. The molecule has 0 saturated carbocycles. The number of likely N-dealkylation sites (N-methyl/N-ethyl adjacent to an activating group) is 1. The Kier molecular flexibility index (Phi) is 6.42. The summed E-state index contributed by atoms with van der Waals surface area (Å²) in [6.07, 6.45) is 0.110. The summed E-state index contributed by atoms with van der Waals surface area (Å²) in [7, 11) is 3.46. The summed E-state index contributed by atoms with van der Waals surface area (Å²) in [6, 6.07) is 7.56. The van der Waals surface area contributed by atoms with Gasteiger partial charge in [-0.05, 0) is 19.9 Å². The lowest BCUT2D eigenvalue weighted by Gasteiger charge is -2.41. The molecule has 1 aromatic rings. The Labute approximate surface area is 150 Å². The Morgan fingerprint density at radius 2 is 1.92 bits per heavy atom.